The highest BCUT2D eigenvalue weighted by atomic mass is 28.3. The Kier molecular flexibility index (Phi) is 3.37. The average molecular weight is 431 g/mol. The van der Waals surface area contributed by atoms with Gasteiger partial charge in [-0.3, -0.25) is 4.40 Å². The number of benzene rings is 4. The third-order valence-corrected chi connectivity index (χ3v) is 8.76. The van der Waals surface area contributed by atoms with Crippen LogP contribution in [0.2, 0.25) is 19.6 Å². The molecule has 3 aromatic heterocycles. The Hall–Kier alpha value is -3.63. The first-order valence-corrected chi connectivity index (χ1v) is 14.6. The van der Waals surface area contributed by atoms with Crippen LogP contribution >= 0.6 is 0 Å². The van der Waals surface area contributed by atoms with E-state index in [-0.39, 0.29) is 0 Å². The third-order valence-electron chi connectivity index (χ3n) is 6.71. The third kappa shape index (κ3) is 2.33. The van der Waals surface area contributed by atoms with Gasteiger partial charge in [0.2, 0.25) is 0 Å². The van der Waals surface area contributed by atoms with E-state index in [1.165, 1.54) is 21.5 Å². The van der Waals surface area contributed by atoms with Gasteiger partial charge in [0.1, 0.15) is 16.8 Å². The zero-order chi connectivity index (χ0) is 21.6. The summed E-state index contributed by atoms with van der Waals surface area (Å²) in [6.07, 6.45) is 0. The van der Waals surface area contributed by atoms with E-state index in [0.717, 1.165) is 44.0 Å². The molecule has 0 N–H and O–H groups in total. The summed E-state index contributed by atoms with van der Waals surface area (Å²) in [6.45, 7) is 7.20. The largest absolute Gasteiger partial charge is 0.456 e. The van der Waals surface area contributed by atoms with Crippen molar-refractivity contribution in [1.29, 1.82) is 0 Å². The lowest BCUT2D eigenvalue weighted by molar-refractivity contribution is 0.669. The molecule has 0 atom stereocenters. The normalized spacial score (nSPS) is 12.8. The lowest BCUT2D eigenvalue weighted by Crippen LogP contribution is -2.37. The Morgan fingerprint density at radius 1 is 0.656 bits per heavy atom. The van der Waals surface area contributed by atoms with E-state index in [2.05, 4.69) is 90.8 Å². The van der Waals surface area contributed by atoms with E-state index < -0.39 is 8.07 Å². The predicted molar refractivity (Wildman–Crippen MR) is 138 cm³/mol. The zero-order valence-corrected chi connectivity index (χ0v) is 19.3. The predicted octanol–water partition coefficient (Wildman–Crippen LogP) is 7.24. The summed E-state index contributed by atoms with van der Waals surface area (Å²) in [6, 6.07) is 28.2. The molecule has 4 heteroatoms. The molecule has 0 saturated heterocycles. The number of pyridine rings is 1. The Balaban J connectivity index is 1.77. The van der Waals surface area contributed by atoms with Gasteiger partial charge in [0.15, 0.2) is 0 Å². The number of fused-ring (bicyclic) bond motifs is 11. The van der Waals surface area contributed by atoms with Gasteiger partial charge in [-0.15, -0.1) is 0 Å². The van der Waals surface area contributed by atoms with Crippen molar-refractivity contribution in [2.24, 2.45) is 0 Å². The average Bonchev–Trinajstić information content (AvgIpc) is 3.35. The highest BCUT2D eigenvalue weighted by Gasteiger charge is 2.20. The molecule has 7 aromatic rings. The van der Waals surface area contributed by atoms with Crippen LogP contribution in [0.5, 0.6) is 0 Å². The fraction of sp³-hybridized carbons (Fsp3) is 0.107. The zero-order valence-electron chi connectivity index (χ0n) is 18.3. The van der Waals surface area contributed by atoms with E-state index in [4.69, 9.17) is 9.40 Å². The Labute approximate surface area is 185 Å². The summed E-state index contributed by atoms with van der Waals surface area (Å²) in [7, 11) is -1.47. The maximum absolute atomic E-state index is 6.24. The molecule has 0 aliphatic heterocycles. The smallest absolute Gasteiger partial charge is 0.146 e. The van der Waals surface area contributed by atoms with Gasteiger partial charge in [-0.05, 0) is 41.8 Å². The number of imidazole rings is 1. The van der Waals surface area contributed by atoms with Gasteiger partial charge in [-0.1, -0.05) is 67.3 Å². The quantitative estimate of drug-likeness (QED) is 0.203. The molecule has 3 nitrogen and oxygen atoms in total. The minimum atomic E-state index is -1.47. The Morgan fingerprint density at radius 3 is 2.34 bits per heavy atom. The molecule has 0 aliphatic rings. The van der Waals surface area contributed by atoms with Crippen molar-refractivity contribution in [1.82, 2.24) is 9.38 Å². The fourth-order valence-electron chi connectivity index (χ4n) is 5.04. The topological polar surface area (TPSA) is 30.4 Å². The molecule has 4 aromatic carbocycles. The molecule has 0 fully saturated rings. The minimum absolute atomic E-state index is 0.924. The molecule has 154 valence electrons. The van der Waals surface area contributed by atoms with Crippen molar-refractivity contribution in [3.63, 3.8) is 0 Å². The fourth-order valence-corrected chi connectivity index (χ4v) is 6.19. The molecule has 0 amide bonds. The van der Waals surface area contributed by atoms with Crippen LogP contribution in [0.3, 0.4) is 0 Å². The number of aromatic nitrogens is 2. The van der Waals surface area contributed by atoms with Gasteiger partial charge in [-0.2, -0.15) is 0 Å². The van der Waals surface area contributed by atoms with Gasteiger partial charge >= 0.3 is 0 Å². The first kappa shape index (κ1) is 18.0. The summed E-state index contributed by atoms with van der Waals surface area (Å²) in [5.74, 6) is 0. The van der Waals surface area contributed by atoms with Crippen molar-refractivity contribution < 1.29 is 4.42 Å². The van der Waals surface area contributed by atoms with Gasteiger partial charge in [-0.25, -0.2) is 4.98 Å². The number of hydrogen-bond acceptors (Lipinski definition) is 2. The molecular weight excluding hydrogens is 408 g/mol. The summed E-state index contributed by atoms with van der Waals surface area (Å²) in [4.78, 5) is 5.10. The second-order valence-corrected chi connectivity index (χ2v) is 14.8. The summed E-state index contributed by atoms with van der Waals surface area (Å²) >= 11 is 0. The standard InChI is InChI=1S/C28H22N2OSi/c1-32(2,3)17-12-13-18-20-16-27-21(19-8-4-7-11-26(19)31-27)15-22(20)28-29-23-9-5-6-10-24(23)30(28)25(18)14-17/h4-16H,1-3H3. The first-order valence-electron chi connectivity index (χ1n) is 11.1. The lowest BCUT2D eigenvalue weighted by Gasteiger charge is -2.18. The monoisotopic (exact) mass is 430 g/mol. The summed E-state index contributed by atoms with van der Waals surface area (Å²) < 4.78 is 8.59. The van der Waals surface area contributed by atoms with Crippen LogP contribution in [0.4, 0.5) is 0 Å². The van der Waals surface area contributed by atoms with Crippen molar-refractivity contribution >= 4 is 73.6 Å². The van der Waals surface area contributed by atoms with E-state index in [9.17, 15) is 0 Å². The van der Waals surface area contributed by atoms with Crippen molar-refractivity contribution in [2.75, 3.05) is 0 Å². The van der Waals surface area contributed by atoms with Gasteiger partial charge in [0.05, 0.1) is 24.6 Å². The summed E-state index contributed by atoms with van der Waals surface area (Å²) in [5, 5.41) is 7.33. The van der Waals surface area contributed by atoms with Crippen molar-refractivity contribution in [2.45, 2.75) is 19.6 Å². The van der Waals surface area contributed by atoms with Crippen LogP contribution in [0, 0.1) is 0 Å². The maximum Gasteiger partial charge on any atom is 0.146 e. The number of para-hydroxylation sites is 3. The molecular formula is C28H22N2OSi. The molecule has 0 unspecified atom stereocenters. The van der Waals surface area contributed by atoms with Crippen molar-refractivity contribution in [3.05, 3.63) is 78.9 Å². The molecule has 32 heavy (non-hydrogen) atoms. The number of nitrogens with zero attached hydrogens (tertiary/aromatic N) is 2. The first-order chi connectivity index (χ1) is 15.5. The van der Waals surface area contributed by atoms with Crippen LogP contribution in [0.15, 0.2) is 83.3 Å². The molecule has 0 saturated carbocycles. The van der Waals surface area contributed by atoms with Crippen LogP contribution in [0.1, 0.15) is 0 Å². The van der Waals surface area contributed by atoms with Crippen molar-refractivity contribution in [3.8, 4) is 0 Å². The second kappa shape index (κ2) is 5.99. The highest BCUT2D eigenvalue weighted by Crippen LogP contribution is 2.37. The Morgan fingerprint density at radius 2 is 1.47 bits per heavy atom. The SMILES string of the molecule is C[Si](C)(C)c1ccc2c3cc4oc5ccccc5c4cc3c3nc4ccccc4n3c2c1. The number of furan rings is 1. The van der Waals surface area contributed by atoms with E-state index in [0.29, 0.717) is 0 Å². The molecule has 0 radical (unpaired) electrons. The van der Waals surface area contributed by atoms with Gasteiger partial charge in [0, 0.05) is 21.5 Å². The van der Waals surface area contributed by atoms with Crippen LogP contribution in [-0.4, -0.2) is 17.5 Å². The van der Waals surface area contributed by atoms with E-state index in [1.54, 1.807) is 0 Å². The number of hydrogen-bond donors (Lipinski definition) is 0. The number of rotatable bonds is 1. The molecule has 7 rings (SSSR count). The highest BCUT2D eigenvalue weighted by molar-refractivity contribution is 6.88. The lowest BCUT2D eigenvalue weighted by atomic mass is 10.0. The van der Waals surface area contributed by atoms with E-state index in [1.807, 2.05) is 12.1 Å². The van der Waals surface area contributed by atoms with Crippen LogP contribution in [-0.2, 0) is 0 Å². The molecule has 0 aliphatic carbocycles. The van der Waals surface area contributed by atoms with Crippen LogP contribution in [0.25, 0.3) is 60.3 Å². The van der Waals surface area contributed by atoms with Gasteiger partial charge in [0.25, 0.3) is 0 Å². The molecule has 0 spiro atoms. The Bertz CT molecular complexity index is 1870. The second-order valence-electron chi connectivity index (χ2n) is 9.73. The van der Waals surface area contributed by atoms with Crippen LogP contribution < -0.4 is 5.19 Å². The van der Waals surface area contributed by atoms with E-state index >= 15 is 0 Å². The summed E-state index contributed by atoms with van der Waals surface area (Å²) in [5.41, 5.74) is 6.25. The molecule has 0 bridgehead atoms. The maximum atomic E-state index is 6.24. The minimum Gasteiger partial charge on any atom is -0.456 e. The molecule has 3 heterocycles. The van der Waals surface area contributed by atoms with Gasteiger partial charge < -0.3 is 4.42 Å².